The molecule has 0 radical (unpaired) electrons. The zero-order valence-corrected chi connectivity index (χ0v) is 17.3. The van der Waals surface area contributed by atoms with Crippen LogP contribution in [0.2, 0.25) is 0 Å². The van der Waals surface area contributed by atoms with E-state index in [9.17, 15) is 18.0 Å². The lowest BCUT2D eigenvalue weighted by Crippen LogP contribution is -2.34. The largest absolute Gasteiger partial charge is 0.341 e. The van der Waals surface area contributed by atoms with Gasteiger partial charge in [-0.15, -0.1) is 11.8 Å². The molecule has 148 valence electrons. The van der Waals surface area contributed by atoms with Crippen LogP contribution in [0.1, 0.15) is 12.5 Å². The Kier molecular flexibility index (Phi) is 6.10. The van der Waals surface area contributed by atoms with E-state index in [0.29, 0.717) is 18.0 Å². The smallest absolute Gasteiger partial charge is 0.234 e. The van der Waals surface area contributed by atoms with E-state index in [1.165, 1.54) is 23.9 Å². The van der Waals surface area contributed by atoms with Crippen molar-refractivity contribution in [2.24, 2.45) is 5.92 Å². The molecule has 1 aliphatic rings. The summed E-state index contributed by atoms with van der Waals surface area (Å²) in [5, 5.41) is 2.69. The number of nitrogens with one attached hydrogen (secondary N) is 1. The molecule has 1 N–H and O–H groups in total. The van der Waals surface area contributed by atoms with Crippen molar-refractivity contribution >= 4 is 39.1 Å². The van der Waals surface area contributed by atoms with Gasteiger partial charge in [-0.2, -0.15) is 0 Å². The van der Waals surface area contributed by atoms with Gasteiger partial charge in [-0.1, -0.05) is 37.3 Å². The number of nitrogens with zero attached hydrogens (tertiary/aromatic N) is 1. The molecule has 2 aromatic rings. The van der Waals surface area contributed by atoms with Crippen molar-refractivity contribution in [2.75, 3.05) is 23.9 Å². The summed E-state index contributed by atoms with van der Waals surface area (Å²) in [6.45, 7) is 2.05. The number of rotatable bonds is 6. The van der Waals surface area contributed by atoms with E-state index < -0.39 is 15.8 Å². The van der Waals surface area contributed by atoms with Gasteiger partial charge in [-0.05, 0) is 23.8 Å². The minimum absolute atomic E-state index is 0.111. The van der Waals surface area contributed by atoms with Crippen molar-refractivity contribution in [1.29, 1.82) is 0 Å². The molecular weight excluding hydrogens is 396 g/mol. The number of anilines is 1. The Morgan fingerprint density at radius 1 is 1.21 bits per heavy atom. The highest BCUT2D eigenvalue weighted by Crippen LogP contribution is 2.33. The summed E-state index contributed by atoms with van der Waals surface area (Å²) in [5.41, 5.74) is 1.49. The Hall–Kier alpha value is -2.32. The van der Waals surface area contributed by atoms with Gasteiger partial charge in [0, 0.05) is 24.4 Å². The normalized spacial score (nSPS) is 14.7. The van der Waals surface area contributed by atoms with Gasteiger partial charge < -0.3 is 10.2 Å². The molecule has 0 aromatic heterocycles. The fourth-order valence-corrected chi connectivity index (χ4v) is 5.42. The predicted molar refractivity (Wildman–Crippen MR) is 110 cm³/mol. The van der Waals surface area contributed by atoms with Crippen LogP contribution in [-0.4, -0.2) is 43.7 Å². The lowest BCUT2D eigenvalue weighted by Gasteiger charge is -2.22. The van der Waals surface area contributed by atoms with Crippen LogP contribution in [0.3, 0.4) is 0 Å². The first kappa shape index (κ1) is 20.4. The number of amides is 2. The van der Waals surface area contributed by atoms with E-state index >= 15 is 0 Å². The molecule has 6 nitrogen and oxygen atoms in total. The molecule has 1 aliphatic heterocycles. The molecule has 0 saturated heterocycles. The highest BCUT2D eigenvalue weighted by molar-refractivity contribution is 8.00. The predicted octanol–water partition coefficient (Wildman–Crippen LogP) is 2.80. The molecule has 1 atom stereocenters. The van der Waals surface area contributed by atoms with Gasteiger partial charge in [0.15, 0.2) is 9.84 Å². The van der Waals surface area contributed by atoms with Gasteiger partial charge in [0.2, 0.25) is 11.8 Å². The maximum atomic E-state index is 12.8. The van der Waals surface area contributed by atoms with Gasteiger partial charge in [-0.25, -0.2) is 8.42 Å². The summed E-state index contributed by atoms with van der Waals surface area (Å²) >= 11 is 1.37. The lowest BCUT2D eigenvalue weighted by atomic mass is 10.1. The summed E-state index contributed by atoms with van der Waals surface area (Å²) in [6.07, 6.45) is 0. The van der Waals surface area contributed by atoms with E-state index in [4.69, 9.17) is 0 Å². The average Bonchev–Trinajstić information content (AvgIpc) is 2.67. The number of sulfone groups is 1. The van der Waals surface area contributed by atoms with Gasteiger partial charge >= 0.3 is 0 Å². The van der Waals surface area contributed by atoms with E-state index in [2.05, 4.69) is 5.32 Å². The Morgan fingerprint density at radius 3 is 2.64 bits per heavy atom. The van der Waals surface area contributed by atoms with Crippen LogP contribution in [0.5, 0.6) is 0 Å². The van der Waals surface area contributed by atoms with Crippen LogP contribution in [0.15, 0.2) is 58.3 Å². The first-order valence-electron chi connectivity index (χ1n) is 8.84. The van der Waals surface area contributed by atoms with Crippen molar-refractivity contribution in [1.82, 2.24) is 4.90 Å². The maximum absolute atomic E-state index is 12.8. The molecule has 8 heteroatoms. The van der Waals surface area contributed by atoms with E-state index in [1.807, 2.05) is 30.3 Å². The number of fused-ring (bicyclic) bond motifs is 1. The number of hydrogen-bond donors (Lipinski definition) is 1. The second-order valence-electron chi connectivity index (χ2n) is 6.86. The van der Waals surface area contributed by atoms with Gasteiger partial charge in [0.1, 0.15) is 0 Å². The lowest BCUT2D eigenvalue weighted by molar-refractivity contribution is -0.133. The molecule has 2 amide bonds. The highest BCUT2D eigenvalue weighted by atomic mass is 32.2. The standard InChI is InChI=1S/C20H22N2O4S2/c1-14(20(24)22(2)11-15-6-4-3-5-7-15)13-28(25,26)16-8-9-18-17(10-16)21-19(23)12-27-18/h3-10,14H,11-13H2,1-2H3,(H,21,23). The fraction of sp³-hybridized carbons (Fsp3) is 0.300. The highest BCUT2D eigenvalue weighted by Gasteiger charge is 2.27. The van der Waals surface area contributed by atoms with Gasteiger partial charge in [-0.3, -0.25) is 9.59 Å². The zero-order chi connectivity index (χ0) is 20.3. The molecule has 0 bridgehead atoms. The molecule has 0 fully saturated rings. The molecule has 3 rings (SSSR count). The van der Waals surface area contributed by atoms with Crippen molar-refractivity contribution in [2.45, 2.75) is 23.3 Å². The quantitative estimate of drug-likeness (QED) is 0.780. The zero-order valence-electron chi connectivity index (χ0n) is 15.7. The molecule has 0 saturated carbocycles. The van der Waals surface area contributed by atoms with E-state index in [-0.39, 0.29) is 22.5 Å². The molecule has 0 spiro atoms. The topological polar surface area (TPSA) is 83.5 Å². The third kappa shape index (κ3) is 4.74. The van der Waals surface area contributed by atoms with Crippen molar-refractivity contribution in [3.8, 4) is 0 Å². The van der Waals surface area contributed by atoms with E-state index in [1.54, 1.807) is 24.9 Å². The fourth-order valence-electron chi connectivity index (χ4n) is 3.06. The summed E-state index contributed by atoms with van der Waals surface area (Å²) in [5.74, 6) is -1.03. The van der Waals surface area contributed by atoms with Crippen LogP contribution in [0, 0.1) is 5.92 Å². The molecule has 2 aromatic carbocycles. The molecule has 1 heterocycles. The van der Waals surface area contributed by atoms with Gasteiger partial charge in [0.05, 0.1) is 22.1 Å². The Labute approximate surface area is 169 Å². The number of carbonyl (C=O) groups is 2. The Bertz CT molecular complexity index is 991. The minimum atomic E-state index is -3.67. The second-order valence-corrected chi connectivity index (χ2v) is 9.91. The summed E-state index contributed by atoms with van der Waals surface area (Å²) in [4.78, 5) is 26.7. The molecular formula is C20H22N2O4S2. The Balaban J connectivity index is 1.70. The number of hydrogen-bond acceptors (Lipinski definition) is 5. The summed E-state index contributed by atoms with van der Waals surface area (Å²) in [6, 6.07) is 14.2. The third-order valence-electron chi connectivity index (χ3n) is 4.47. The van der Waals surface area contributed by atoms with Crippen molar-refractivity contribution < 1.29 is 18.0 Å². The van der Waals surface area contributed by atoms with Crippen molar-refractivity contribution in [3.05, 3.63) is 54.1 Å². The van der Waals surface area contributed by atoms with E-state index in [0.717, 1.165) is 10.5 Å². The SMILES string of the molecule is CC(CS(=O)(=O)c1ccc2c(c1)NC(=O)CS2)C(=O)N(C)Cc1ccccc1. The van der Waals surface area contributed by atoms with Crippen LogP contribution in [-0.2, 0) is 26.0 Å². The van der Waals surface area contributed by atoms with Crippen LogP contribution >= 0.6 is 11.8 Å². The molecule has 1 unspecified atom stereocenters. The van der Waals surface area contributed by atoms with Crippen LogP contribution in [0.4, 0.5) is 5.69 Å². The third-order valence-corrected chi connectivity index (χ3v) is 7.46. The monoisotopic (exact) mass is 418 g/mol. The number of thioether (sulfide) groups is 1. The number of carbonyl (C=O) groups excluding carboxylic acids is 2. The Morgan fingerprint density at radius 2 is 1.93 bits per heavy atom. The van der Waals surface area contributed by atoms with Crippen molar-refractivity contribution in [3.63, 3.8) is 0 Å². The van der Waals surface area contributed by atoms with Crippen LogP contribution < -0.4 is 5.32 Å². The summed E-state index contributed by atoms with van der Waals surface area (Å²) < 4.78 is 25.6. The first-order valence-corrected chi connectivity index (χ1v) is 11.5. The average molecular weight is 419 g/mol. The molecule has 0 aliphatic carbocycles. The first-order chi connectivity index (χ1) is 13.3. The van der Waals surface area contributed by atoms with Crippen LogP contribution in [0.25, 0.3) is 0 Å². The minimum Gasteiger partial charge on any atom is -0.341 e. The summed E-state index contributed by atoms with van der Waals surface area (Å²) in [7, 11) is -2.00. The molecule has 28 heavy (non-hydrogen) atoms. The second kappa shape index (κ2) is 8.36. The number of benzene rings is 2. The maximum Gasteiger partial charge on any atom is 0.234 e. The van der Waals surface area contributed by atoms with Gasteiger partial charge in [0.25, 0.3) is 0 Å².